The molecule has 0 spiro atoms. The van der Waals surface area contributed by atoms with Gasteiger partial charge in [-0.25, -0.2) is 13.8 Å². The molecule has 1 aromatic carbocycles. The Morgan fingerprint density at radius 3 is 2.64 bits per heavy atom. The van der Waals surface area contributed by atoms with Gasteiger partial charge in [0.05, 0.1) is 5.69 Å². The van der Waals surface area contributed by atoms with Crippen LogP contribution in [0.1, 0.15) is 32.1 Å². The second-order valence-electron chi connectivity index (χ2n) is 5.49. The third-order valence-electron chi connectivity index (χ3n) is 3.79. The van der Waals surface area contributed by atoms with E-state index in [9.17, 15) is 8.78 Å². The Morgan fingerprint density at radius 1 is 1.05 bits per heavy atom. The molecule has 0 radical (unpaired) electrons. The minimum atomic E-state index is -0.672. The zero-order chi connectivity index (χ0) is 15.4. The average molecular weight is 304 g/mol. The molecule has 1 fully saturated rings. The van der Waals surface area contributed by atoms with Crippen LogP contribution in [0.5, 0.6) is 0 Å². The Labute approximate surface area is 128 Å². The van der Waals surface area contributed by atoms with Gasteiger partial charge in [-0.2, -0.15) is 4.98 Å². The largest absolute Gasteiger partial charge is 0.367 e. The third kappa shape index (κ3) is 3.69. The summed E-state index contributed by atoms with van der Waals surface area (Å²) in [7, 11) is 0. The topological polar surface area (TPSA) is 49.8 Å². The highest BCUT2D eigenvalue weighted by atomic mass is 19.1. The number of aromatic nitrogens is 2. The van der Waals surface area contributed by atoms with Gasteiger partial charge >= 0.3 is 0 Å². The Balaban J connectivity index is 1.70. The van der Waals surface area contributed by atoms with Crippen molar-refractivity contribution in [1.82, 2.24) is 9.97 Å². The zero-order valence-corrected chi connectivity index (χ0v) is 12.1. The SMILES string of the molecule is Fc1ccc(Nc2nccc(NC3CCCCC3)n2)c(F)c1. The lowest BCUT2D eigenvalue weighted by Gasteiger charge is -2.23. The van der Waals surface area contributed by atoms with Crippen molar-refractivity contribution in [3.63, 3.8) is 0 Å². The van der Waals surface area contributed by atoms with Gasteiger partial charge in [-0.3, -0.25) is 0 Å². The number of rotatable bonds is 4. The van der Waals surface area contributed by atoms with Crippen molar-refractivity contribution < 1.29 is 8.78 Å². The summed E-state index contributed by atoms with van der Waals surface area (Å²) in [5, 5.41) is 6.16. The lowest BCUT2D eigenvalue weighted by atomic mass is 9.95. The van der Waals surface area contributed by atoms with E-state index < -0.39 is 11.6 Å². The summed E-state index contributed by atoms with van der Waals surface area (Å²) in [6.45, 7) is 0. The monoisotopic (exact) mass is 304 g/mol. The van der Waals surface area contributed by atoms with E-state index in [4.69, 9.17) is 0 Å². The Kier molecular flexibility index (Phi) is 4.46. The first-order chi connectivity index (χ1) is 10.7. The number of halogens is 2. The van der Waals surface area contributed by atoms with E-state index in [-0.39, 0.29) is 11.6 Å². The number of hydrogen-bond donors (Lipinski definition) is 2. The fraction of sp³-hybridized carbons (Fsp3) is 0.375. The fourth-order valence-corrected chi connectivity index (χ4v) is 2.67. The normalized spacial score (nSPS) is 15.5. The predicted molar refractivity (Wildman–Crippen MR) is 82.2 cm³/mol. The first kappa shape index (κ1) is 14.7. The van der Waals surface area contributed by atoms with Gasteiger partial charge in [0.1, 0.15) is 17.5 Å². The van der Waals surface area contributed by atoms with Gasteiger partial charge in [0, 0.05) is 18.3 Å². The van der Waals surface area contributed by atoms with E-state index in [0.29, 0.717) is 11.9 Å². The maximum atomic E-state index is 13.6. The van der Waals surface area contributed by atoms with E-state index in [1.54, 1.807) is 12.3 Å². The Hall–Kier alpha value is -2.24. The summed E-state index contributed by atoms with van der Waals surface area (Å²) < 4.78 is 26.5. The van der Waals surface area contributed by atoms with Crippen LogP contribution in [0.3, 0.4) is 0 Å². The smallest absolute Gasteiger partial charge is 0.229 e. The summed E-state index contributed by atoms with van der Waals surface area (Å²) in [5.74, 6) is -0.288. The van der Waals surface area contributed by atoms with E-state index in [1.807, 2.05) is 0 Å². The minimum Gasteiger partial charge on any atom is -0.367 e. The molecule has 4 nitrogen and oxygen atoms in total. The molecule has 0 unspecified atom stereocenters. The lowest BCUT2D eigenvalue weighted by Crippen LogP contribution is -2.22. The average Bonchev–Trinajstić information content (AvgIpc) is 2.52. The highest BCUT2D eigenvalue weighted by molar-refractivity contribution is 5.55. The van der Waals surface area contributed by atoms with Crippen LogP contribution in [0.2, 0.25) is 0 Å². The van der Waals surface area contributed by atoms with Gasteiger partial charge in [-0.15, -0.1) is 0 Å². The molecule has 6 heteroatoms. The summed E-state index contributed by atoms with van der Waals surface area (Å²) in [6.07, 6.45) is 7.64. The summed E-state index contributed by atoms with van der Waals surface area (Å²) in [6, 6.07) is 5.57. The van der Waals surface area contributed by atoms with Crippen molar-refractivity contribution in [2.45, 2.75) is 38.1 Å². The second-order valence-corrected chi connectivity index (χ2v) is 5.49. The lowest BCUT2D eigenvalue weighted by molar-refractivity contribution is 0.462. The molecular formula is C16H18F2N4. The van der Waals surface area contributed by atoms with Gasteiger partial charge in [0.25, 0.3) is 0 Å². The fourth-order valence-electron chi connectivity index (χ4n) is 2.67. The number of anilines is 3. The Morgan fingerprint density at radius 2 is 1.86 bits per heavy atom. The zero-order valence-electron chi connectivity index (χ0n) is 12.1. The number of hydrogen-bond acceptors (Lipinski definition) is 4. The molecule has 116 valence electrons. The van der Waals surface area contributed by atoms with Crippen LogP contribution in [-0.4, -0.2) is 16.0 Å². The molecule has 0 amide bonds. The molecule has 0 atom stereocenters. The van der Waals surface area contributed by atoms with Crippen molar-refractivity contribution in [1.29, 1.82) is 0 Å². The molecule has 1 aliphatic carbocycles. The highest BCUT2D eigenvalue weighted by Gasteiger charge is 2.14. The quantitative estimate of drug-likeness (QED) is 0.887. The van der Waals surface area contributed by atoms with Gasteiger partial charge < -0.3 is 10.6 Å². The minimum absolute atomic E-state index is 0.149. The van der Waals surface area contributed by atoms with Gasteiger partial charge in [-0.1, -0.05) is 19.3 Å². The summed E-state index contributed by atoms with van der Waals surface area (Å²) in [5.41, 5.74) is 0.149. The van der Waals surface area contributed by atoms with Gasteiger partial charge in [0.2, 0.25) is 5.95 Å². The van der Waals surface area contributed by atoms with Gasteiger partial charge in [-0.05, 0) is 31.0 Å². The van der Waals surface area contributed by atoms with E-state index in [2.05, 4.69) is 20.6 Å². The molecular weight excluding hydrogens is 286 g/mol. The van der Waals surface area contributed by atoms with Crippen LogP contribution < -0.4 is 10.6 Å². The molecule has 1 heterocycles. The maximum Gasteiger partial charge on any atom is 0.229 e. The molecule has 0 bridgehead atoms. The van der Waals surface area contributed by atoms with Crippen LogP contribution >= 0.6 is 0 Å². The molecule has 3 rings (SSSR count). The third-order valence-corrected chi connectivity index (χ3v) is 3.79. The number of benzene rings is 1. The summed E-state index contributed by atoms with van der Waals surface area (Å²) in [4.78, 5) is 8.40. The van der Waals surface area contributed by atoms with E-state index in [0.717, 1.165) is 18.9 Å². The molecule has 1 aromatic heterocycles. The van der Waals surface area contributed by atoms with Crippen molar-refractivity contribution in [3.8, 4) is 0 Å². The van der Waals surface area contributed by atoms with Crippen LogP contribution in [-0.2, 0) is 0 Å². The van der Waals surface area contributed by atoms with Crippen LogP contribution in [0.4, 0.5) is 26.2 Å². The van der Waals surface area contributed by atoms with Crippen molar-refractivity contribution in [2.24, 2.45) is 0 Å². The molecule has 2 N–H and O–H groups in total. The molecule has 0 saturated heterocycles. The van der Waals surface area contributed by atoms with Crippen molar-refractivity contribution in [3.05, 3.63) is 42.1 Å². The van der Waals surface area contributed by atoms with Gasteiger partial charge in [0.15, 0.2) is 0 Å². The standard InChI is InChI=1S/C16H18F2N4/c17-11-6-7-14(13(18)10-11)21-16-19-9-8-15(22-16)20-12-4-2-1-3-5-12/h6-10,12H,1-5H2,(H2,19,20,21,22). The maximum absolute atomic E-state index is 13.6. The molecule has 22 heavy (non-hydrogen) atoms. The summed E-state index contributed by atoms with van der Waals surface area (Å²) >= 11 is 0. The first-order valence-electron chi connectivity index (χ1n) is 7.52. The van der Waals surface area contributed by atoms with Crippen molar-refractivity contribution in [2.75, 3.05) is 10.6 Å². The van der Waals surface area contributed by atoms with Crippen LogP contribution in [0, 0.1) is 11.6 Å². The number of nitrogens with one attached hydrogen (secondary N) is 2. The molecule has 0 aliphatic heterocycles. The van der Waals surface area contributed by atoms with E-state index in [1.165, 1.54) is 31.4 Å². The van der Waals surface area contributed by atoms with Crippen LogP contribution in [0.25, 0.3) is 0 Å². The van der Waals surface area contributed by atoms with E-state index >= 15 is 0 Å². The van der Waals surface area contributed by atoms with Crippen LogP contribution in [0.15, 0.2) is 30.5 Å². The second kappa shape index (κ2) is 6.68. The molecule has 1 saturated carbocycles. The highest BCUT2D eigenvalue weighted by Crippen LogP contribution is 2.22. The number of nitrogens with zero attached hydrogens (tertiary/aromatic N) is 2. The molecule has 1 aliphatic rings. The predicted octanol–water partition coefficient (Wildman–Crippen LogP) is 4.24. The molecule has 2 aromatic rings. The Bertz CT molecular complexity index is 642. The van der Waals surface area contributed by atoms with Crippen molar-refractivity contribution >= 4 is 17.5 Å². The first-order valence-corrected chi connectivity index (χ1v) is 7.52.